The molecule has 1 N–H and O–H groups in total. The molecule has 0 spiro atoms. The predicted molar refractivity (Wildman–Crippen MR) is 85.8 cm³/mol. The molecule has 2 saturated carbocycles. The maximum absolute atomic E-state index is 10.4. The lowest BCUT2D eigenvalue weighted by Crippen LogP contribution is -2.42. The summed E-state index contributed by atoms with van der Waals surface area (Å²) in [5.41, 5.74) is 0.395. The van der Waals surface area contributed by atoms with Gasteiger partial charge >= 0.3 is 0 Å². The van der Waals surface area contributed by atoms with Crippen molar-refractivity contribution in [2.75, 3.05) is 13.1 Å². The highest BCUT2D eigenvalue weighted by atomic mass is 16.3. The molecule has 0 aromatic rings. The van der Waals surface area contributed by atoms with Crippen molar-refractivity contribution in [3.05, 3.63) is 0 Å². The van der Waals surface area contributed by atoms with E-state index in [0.717, 1.165) is 24.9 Å². The molecular weight excluding hydrogens is 246 g/mol. The first-order valence-corrected chi connectivity index (χ1v) is 8.84. The molecule has 2 aliphatic rings. The van der Waals surface area contributed by atoms with E-state index in [4.69, 9.17) is 0 Å². The van der Waals surface area contributed by atoms with Crippen LogP contribution in [0, 0.1) is 17.3 Å². The number of unbranched alkanes of at least 4 members (excludes halogenated alkanes) is 1. The average molecular weight is 281 g/mol. The van der Waals surface area contributed by atoms with Crippen molar-refractivity contribution >= 4 is 0 Å². The fourth-order valence-corrected chi connectivity index (χ4v) is 3.76. The molecule has 20 heavy (non-hydrogen) atoms. The minimum atomic E-state index is -0.0588. The topological polar surface area (TPSA) is 23.5 Å². The van der Waals surface area contributed by atoms with E-state index in [1.807, 2.05) is 0 Å². The van der Waals surface area contributed by atoms with Crippen LogP contribution in [0.15, 0.2) is 0 Å². The highest BCUT2D eigenvalue weighted by molar-refractivity contribution is 4.90. The molecule has 0 aromatic heterocycles. The smallest absolute Gasteiger partial charge is 0.0580 e. The zero-order chi connectivity index (χ0) is 14.8. The van der Waals surface area contributed by atoms with Crippen molar-refractivity contribution in [1.82, 2.24) is 4.90 Å². The van der Waals surface area contributed by atoms with E-state index >= 15 is 0 Å². The zero-order valence-corrected chi connectivity index (χ0v) is 14.1. The van der Waals surface area contributed by atoms with Crippen LogP contribution in [0.25, 0.3) is 0 Å². The highest BCUT2D eigenvalue weighted by Gasteiger charge is 2.38. The lowest BCUT2D eigenvalue weighted by Gasteiger charge is -2.42. The first-order chi connectivity index (χ1) is 9.41. The largest absolute Gasteiger partial charge is 0.393 e. The lowest BCUT2D eigenvalue weighted by atomic mass is 9.68. The molecule has 2 rings (SSSR count). The number of aliphatic hydroxyl groups excluding tert-OH is 1. The summed E-state index contributed by atoms with van der Waals surface area (Å²) < 4.78 is 0. The molecule has 0 bridgehead atoms. The number of hydrogen-bond acceptors (Lipinski definition) is 2. The van der Waals surface area contributed by atoms with Gasteiger partial charge in [-0.25, -0.2) is 0 Å². The van der Waals surface area contributed by atoms with Gasteiger partial charge in [0.2, 0.25) is 0 Å². The molecule has 0 aromatic carbocycles. The van der Waals surface area contributed by atoms with E-state index in [1.54, 1.807) is 0 Å². The van der Waals surface area contributed by atoms with Crippen LogP contribution in [0.5, 0.6) is 0 Å². The Kier molecular flexibility index (Phi) is 5.53. The van der Waals surface area contributed by atoms with Crippen LogP contribution in [-0.4, -0.2) is 35.2 Å². The molecule has 2 fully saturated rings. The van der Waals surface area contributed by atoms with Gasteiger partial charge < -0.3 is 10.0 Å². The van der Waals surface area contributed by atoms with E-state index in [9.17, 15) is 5.11 Å². The molecule has 2 aliphatic carbocycles. The number of hydrogen-bond donors (Lipinski definition) is 1. The zero-order valence-electron chi connectivity index (χ0n) is 14.1. The van der Waals surface area contributed by atoms with Crippen molar-refractivity contribution in [3.8, 4) is 0 Å². The van der Waals surface area contributed by atoms with Gasteiger partial charge in [-0.1, -0.05) is 34.1 Å². The first kappa shape index (κ1) is 16.3. The molecule has 0 saturated heterocycles. The third-order valence-electron chi connectivity index (χ3n) is 5.50. The quantitative estimate of drug-likeness (QED) is 0.793. The summed E-state index contributed by atoms with van der Waals surface area (Å²) in [6.07, 6.45) is 8.74. The molecular formula is C18H35NO. The van der Waals surface area contributed by atoms with Gasteiger partial charge in [0.15, 0.2) is 0 Å². The van der Waals surface area contributed by atoms with Gasteiger partial charge in [0.1, 0.15) is 0 Å². The Morgan fingerprint density at radius 2 is 1.80 bits per heavy atom. The second kappa shape index (κ2) is 6.79. The fraction of sp³-hybridized carbons (Fsp3) is 1.00. The van der Waals surface area contributed by atoms with Crippen LogP contribution in [0.4, 0.5) is 0 Å². The van der Waals surface area contributed by atoms with Crippen LogP contribution >= 0.6 is 0 Å². The van der Waals surface area contributed by atoms with E-state index in [-0.39, 0.29) is 6.10 Å². The Labute approximate surface area is 125 Å². The standard InChI is InChI=1S/C18H35NO/c1-5-6-11-19(16-8-9-16)13-14-12-15(18(2,3)4)7-10-17(14)20/h14-17,20H,5-13H2,1-4H3. The molecule has 2 heteroatoms. The van der Waals surface area contributed by atoms with Crippen molar-refractivity contribution in [2.45, 2.75) is 84.8 Å². The van der Waals surface area contributed by atoms with Gasteiger partial charge in [0.05, 0.1) is 6.10 Å². The minimum absolute atomic E-state index is 0.0588. The van der Waals surface area contributed by atoms with Crippen LogP contribution in [-0.2, 0) is 0 Å². The first-order valence-electron chi connectivity index (χ1n) is 8.84. The molecule has 118 valence electrons. The van der Waals surface area contributed by atoms with Crippen LogP contribution in [0.2, 0.25) is 0 Å². The fourth-order valence-electron chi connectivity index (χ4n) is 3.76. The normalized spacial score (nSPS) is 31.8. The second-order valence-electron chi connectivity index (χ2n) is 8.28. The minimum Gasteiger partial charge on any atom is -0.393 e. The predicted octanol–water partition coefficient (Wildman–Crippen LogP) is 4.07. The maximum Gasteiger partial charge on any atom is 0.0580 e. The van der Waals surface area contributed by atoms with Crippen LogP contribution in [0.3, 0.4) is 0 Å². The van der Waals surface area contributed by atoms with E-state index in [1.165, 1.54) is 45.1 Å². The number of aliphatic hydroxyl groups is 1. The lowest BCUT2D eigenvalue weighted by molar-refractivity contribution is 0.00188. The van der Waals surface area contributed by atoms with Crippen LogP contribution < -0.4 is 0 Å². The van der Waals surface area contributed by atoms with E-state index < -0.39 is 0 Å². The molecule has 0 aliphatic heterocycles. The third kappa shape index (κ3) is 4.46. The van der Waals surface area contributed by atoms with Gasteiger partial charge in [-0.15, -0.1) is 0 Å². The van der Waals surface area contributed by atoms with Crippen molar-refractivity contribution in [1.29, 1.82) is 0 Å². The van der Waals surface area contributed by atoms with E-state index in [0.29, 0.717) is 11.3 Å². The van der Waals surface area contributed by atoms with Gasteiger partial charge in [-0.3, -0.25) is 0 Å². The number of nitrogens with zero attached hydrogens (tertiary/aromatic N) is 1. The molecule has 0 heterocycles. The Morgan fingerprint density at radius 3 is 2.35 bits per heavy atom. The molecule has 0 amide bonds. The van der Waals surface area contributed by atoms with Gasteiger partial charge in [-0.05, 0) is 62.3 Å². The van der Waals surface area contributed by atoms with Gasteiger partial charge in [-0.2, -0.15) is 0 Å². The Bertz CT molecular complexity index is 292. The van der Waals surface area contributed by atoms with Crippen molar-refractivity contribution in [2.24, 2.45) is 17.3 Å². The molecule has 0 radical (unpaired) electrons. The monoisotopic (exact) mass is 281 g/mol. The Balaban J connectivity index is 1.90. The molecule has 3 unspecified atom stereocenters. The highest BCUT2D eigenvalue weighted by Crippen LogP contribution is 2.41. The third-order valence-corrected chi connectivity index (χ3v) is 5.50. The summed E-state index contributed by atoms with van der Waals surface area (Å²) in [5, 5.41) is 10.4. The maximum atomic E-state index is 10.4. The van der Waals surface area contributed by atoms with Crippen LogP contribution in [0.1, 0.15) is 72.6 Å². The Hall–Kier alpha value is -0.0800. The summed E-state index contributed by atoms with van der Waals surface area (Å²) in [7, 11) is 0. The van der Waals surface area contributed by atoms with Gasteiger partial charge in [0, 0.05) is 12.6 Å². The summed E-state index contributed by atoms with van der Waals surface area (Å²) >= 11 is 0. The average Bonchev–Trinajstić information content (AvgIpc) is 3.19. The summed E-state index contributed by atoms with van der Waals surface area (Å²) in [5.74, 6) is 1.29. The number of rotatable bonds is 6. The Morgan fingerprint density at radius 1 is 1.10 bits per heavy atom. The second-order valence-corrected chi connectivity index (χ2v) is 8.28. The molecule has 2 nitrogen and oxygen atoms in total. The van der Waals surface area contributed by atoms with Gasteiger partial charge in [0.25, 0.3) is 0 Å². The summed E-state index contributed by atoms with van der Waals surface area (Å²) in [6, 6.07) is 0.837. The summed E-state index contributed by atoms with van der Waals surface area (Å²) in [4.78, 5) is 2.68. The summed E-state index contributed by atoms with van der Waals surface area (Å²) in [6.45, 7) is 11.7. The van der Waals surface area contributed by atoms with E-state index in [2.05, 4.69) is 32.6 Å². The molecule has 3 atom stereocenters. The SMILES string of the molecule is CCCCN(CC1CC(C(C)(C)C)CCC1O)C1CC1. The van der Waals surface area contributed by atoms with Crippen molar-refractivity contribution in [3.63, 3.8) is 0 Å². The van der Waals surface area contributed by atoms with Crippen molar-refractivity contribution < 1.29 is 5.11 Å².